The van der Waals surface area contributed by atoms with Gasteiger partial charge in [0.15, 0.2) is 5.75 Å². The Morgan fingerprint density at radius 2 is 2.11 bits per heavy atom. The molecule has 14 heteroatoms. The molecule has 1 fully saturated rings. The van der Waals surface area contributed by atoms with E-state index in [1.165, 1.54) is 0 Å². The molecule has 2 N–H and O–H groups in total. The summed E-state index contributed by atoms with van der Waals surface area (Å²) in [6, 6.07) is -1.21. The maximum atomic E-state index is 13.0. The molecule has 1 unspecified atom stereocenters. The number of nitrogens with zero attached hydrogens (tertiary/aromatic N) is 1. The number of aliphatic carboxylic acids is 1. The van der Waals surface area contributed by atoms with Gasteiger partial charge >= 0.3 is 17.2 Å². The lowest BCUT2D eigenvalue weighted by atomic mass is 10.0. The van der Waals surface area contributed by atoms with E-state index in [2.05, 4.69) is 5.32 Å². The Hall–Kier alpha value is -1.93. The first-order chi connectivity index (χ1) is 13.0. The van der Waals surface area contributed by atoms with Crippen molar-refractivity contribution < 1.29 is 46.7 Å². The minimum absolute atomic E-state index is 0.0849. The number of alkyl halides is 3. The number of rotatable bonds is 8. The molecule has 2 heterocycles. The monoisotopic (exact) mass is 444 g/mol. The Morgan fingerprint density at radius 3 is 2.64 bits per heavy atom. The smallest absolute Gasteiger partial charge is 0.435 e. The number of halogens is 3. The summed E-state index contributed by atoms with van der Waals surface area (Å²) in [5.74, 6) is -5.17. The summed E-state index contributed by atoms with van der Waals surface area (Å²) in [5.41, 5.74) is -0.196. The lowest BCUT2D eigenvalue weighted by Crippen LogP contribution is -2.71. The van der Waals surface area contributed by atoms with Gasteiger partial charge in [-0.2, -0.15) is 8.78 Å². The zero-order valence-electron chi connectivity index (χ0n) is 14.3. The molecule has 0 spiro atoms. The largest absolute Gasteiger partial charge is 0.611 e. The third-order valence-electron chi connectivity index (χ3n) is 3.77. The second-order valence-electron chi connectivity index (χ2n) is 5.75. The topological polar surface area (TPSA) is 136 Å². The summed E-state index contributed by atoms with van der Waals surface area (Å²) in [4.78, 5) is 47.4. The molecule has 3 atom stereocenters. The average Bonchev–Trinajstić information content (AvgIpc) is 2.63. The Bertz CT molecular complexity index is 734. The number of carboxylic acids is 1. The van der Waals surface area contributed by atoms with E-state index in [0.717, 1.165) is 23.6 Å². The minimum atomic E-state index is -4.18. The third-order valence-corrected chi connectivity index (χ3v) is 6.41. The summed E-state index contributed by atoms with van der Waals surface area (Å²) in [6.45, 7) is -1.38. The number of fused-ring (bicyclic) bond motifs is 1. The van der Waals surface area contributed by atoms with Crippen molar-refractivity contribution in [1.82, 2.24) is 10.2 Å². The van der Waals surface area contributed by atoms with Crippen LogP contribution in [0.5, 0.6) is 0 Å². The first-order valence-electron chi connectivity index (χ1n) is 7.64. The summed E-state index contributed by atoms with van der Waals surface area (Å²) in [6.07, 6.45) is 0. The molecule has 0 bridgehead atoms. The van der Waals surface area contributed by atoms with E-state index >= 15 is 0 Å². The van der Waals surface area contributed by atoms with Crippen LogP contribution in [0, 0.1) is 0 Å². The second kappa shape index (κ2) is 8.61. The van der Waals surface area contributed by atoms with Gasteiger partial charge in [-0.25, -0.2) is 9.18 Å². The average molecular weight is 444 g/mol. The molecular formula is C14H15F3N2O7S2. The molecule has 0 radical (unpaired) electrons. The van der Waals surface area contributed by atoms with Crippen molar-refractivity contribution in [2.75, 3.05) is 24.8 Å². The van der Waals surface area contributed by atoms with Crippen LogP contribution >= 0.6 is 11.8 Å². The van der Waals surface area contributed by atoms with Gasteiger partial charge in [-0.1, -0.05) is 0 Å². The van der Waals surface area contributed by atoms with Crippen LogP contribution < -0.4 is 5.32 Å². The van der Waals surface area contributed by atoms with E-state index in [9.17, 15) is 42.0 Å². The minimum Gasteiger partial charge on any atom is -0.611 e. The molecule has 2 aliphatic rings. The fourth-order valence-electron chi connectivity index (χ4n) is 2.48. The van der Waals surface area contributed by atoms with Crippen LogP contribution in [-0.4, -0.2) is 79.8 Å². The highest BCUT2D eigenvalue weighted by atomic mass is 32.2. The summed E-state index contributed by atoms with van der Waals surface area (Å²) >= 11 is -2.04. The number of amides is 2. The highest BCUT2D eigenvalue weighted by Gasteiger charge is 2.55. The van der Waals surface area contributed by atoms with Crippen LogP contribution in [-0.2, 0) is 35.1 Å². The van der Waals surface area contributed by atoms with Crippen molar-refractivity contribution in [3.63, 3.8) is 0 Å². The molecule has 2 aliphatic heterocycles. The highest BCUT2D eigenvalue weighted by Crippen LogP contribution is 2.40. The SMILES string of the molecule is CC(=O)OCC1=C(C(=O)O)N2C(=O)[C@@H](NC(=O)C[S+]([O-])C(F)(F)CF)[C@H]2SC1. The quantitative estimate of drug-likeness (QED) is 0.293. The number of nitrogens with one attached hydrogen (secondary N) is 1. The lowest BCUT2D eigenvalue weighted by Gasteiger charge is -2.49. The predicted octanol–water partition coefficient (Wildman–Crippen LogP) is -0.401. The summed E-state index contributed by atoms with van der Waals surface area (Å²) in [7, 11) is 0. The third kappa shape index (κ3) is 4.55. The molecule has 1 saturated heterocycles. The van der Waals surface area contributed by atoms with Crippen LogP contribution in [0.4, 0.5) is 13.2 Å². The number of carbonyl (C=O) groups is 4. The molecule has 0 aromatic heterocycles. The van der Waals surface area contributed by atoms with Gasteiger partial charge in [0.1, 0.15) is 23.7 Å². The van der Waals surface area contributed by atoms with E-state index in [0.29, 0.717) is 0 Å². The van der Waals surface area contributed by atoms with Crippen LogP contribution in [0.3, 0.4) is 0 Å². The fourth-order valence-corrected chi connectivity index (χ4v) is 4.47. The van der Waals surface area contributed by atoms with Crippen LogP contribution in [0.25, 0.3) is 0 Å². The van der Waals surface area contributed by atoms with Gasteiger partial charge in [0.25, 0.3) is 11.8 Å². The zero-order valence-corrected chi connectivity index (χ0v) is 15.9. The molecule has 0 saturated carbocycles. The van der Waals surface area contributed by atoms with Crippen LogP contribution in [0.2, 0.25) is 0 Å². The highest BCUT2D eigenvalue weighted by molar-refractivity contribution is 8.00. The molecule has 0 aromatic carbocycles. The van der Waals surface area contributed by atoms with E-state index in [1.54, 1.807) is 0 Å². The zero-order chi connectivity index (χ0) is 21.2. The number of carbonyl (C=O) groups excluding carboxylic acids is 3. The molecular weight excluding hydrogens is 429 g/mol. The normalized spacial score (nSPS) is 22.9. The molecule has 2 rings (SSSR count). The van der Waals surface area contributed by atoms with Crippen LogP contribution in [0.1, 0.15) is 6.92 Å². The van der Waals surface area contributed by atoms with Gasteiger partial charge < -0.3 is 19.7 Å². The number of ether oxygens (including phenoxy) is 1. The number of hydrogen-bond acceptors (Lipinski definition) is 7. The first-order valence-corrected chi connectivity index (χ1v) is 10.0. The van der Waals surface area contributed by atoms with Crippen molar-refractivity contribution in [2.45, 2.75) is 23.6 Å². The maximum Gasteiger partial charge on any atom is 0.435 e. The van der Waals surface area contributed by atoms with Gasteiger partial charge in [-0.3, -0.25) is 19.3 Å². The van der Waals surface area contributed by atoms with E-state index < -0.39 is 64.0 Å². The summed E-state index contributed by atoms with van der Waals surface area (Å²) < 4.78 is 54.1. The van der Waals surface area contributed by atoms with Gasteiger partial charge in [0, 0.05) is 29.4 Å². The number of esters is 1. The van der Waals surface area contributed by atoms with Crippen molar-refractivity contribution in [3.05, 3.63) is 11.3 Å². The van der Waals surface area contributed by atoms with E-state index in [4.69, 9.17) is 4.74 Å². The first kappa shape index (κ1) is 22.4. The lowest BCUT2D eigenvalue weighted by molar-refractivity contribution is -0.150. The Balaban J connectivity index is 2.06. The second-order valence-corrected chi connectivity index (χ2v) is 8.44. The van der Waals surface area contributed by atoms with Crippen LogP contribution in [0.15, 0.2) is 11.3 Å². The Kier molecular flexibility index (Phi) is 6.88. The molecule has 28 heavy (non-hydrogen) atoms. The molecule has 156 valence electrons. The van der Waals surface area contributed by atoms with Crippen molar-refractivity contribution >= 4 is 46.7 Å². The molecule has 0 aromatic rings. The Morgan fingerprint density at radius 1 is 1.46 bits per heavy atom. The standard InChI is InChI=1S/C14H15F3N2O7S2/c1-6(20)26-2-7-3-27-12-9(11(22)19(12)10(7)13(23)24)18-8(21)4-28(25)14(16,17)5-15/h9,12H,2-5H2,1H3,(H,18,21)(H,23,24)/t9-,12-,28?/m1/s1. The van der Waals surface area contributed by atoms with Crippen molar-refractivity contribution in [3.8, 4) is 0 Å². The van der Waals surface area contributed by atoms with Gasteiger partial charge in [0.05, 0.1) is 0 Å². The molecule has 2 amide bonds. The molecule has 9 nitrogen and oxygen atoms in total. The van der Waals surface area contributed by atoms with Gasteiger partial charge in [-0.05, 0) is 0 Å². The maximum absolute atomic E-state index is 13.0. The van der Waals surface area contributed by atoms with E-state index in [1.807, 2.05) is 0 Å². The van der Waals surface area contributed by atoms with E-state index in [-0.39, 0.29) is 23.6 Å². The number of thioether (sulfide) groups is 1. The molecule has 0 aliphatic carbocycles. The van der Waals surface area contributed by atoms with Crippen molar-refractivity contribution in [2.24, 2.45) is 0 Å². The predicted molar refractivity (Wildman–Crippen MR) is 90.2 cm³/mol. The number of β-lactam (4-membered cyclic amide) rings is 1. The van der Waals surface area contributed by atoms with Crippen molar-refractivity contribution in [1.29, 1.82) is 0 Å². The number of carboxylic acid groups (broad SMARTS) is 1. The fraction of sp³-hybridized carbons (Fsp3) is 0.571. The van der Waals surface area contributed by atoms with Gasteiger partial charge in [0.2, 0.25) is 6.67 Å². The summed E-state index contributed by atoms with van der Waals surface area (Å²) in [5, 5.41) is 6.48. The van der Waals surface area contributed by atoms with Gasteiger partial charge in [-0.15, -0.1) is 11.8 Å². The Labute approximate surface area is 163 Å². The number of hydrogen-bond donors (Lipinski definition) is 2.